The number of amides is 1. The highest BCUT2D eigenvalue weighted by Gasteiger charge is 2.01. The van der Waals surface area contributed by atoms with Gasteiger partial charge in [-0.15, -0.1) is 0 Å². The minimum atomic E-state index is -1.21. The van der Waals surface area contributed by atoms with Gasteiger partial charge in [0.1, 0.15) is 0 Å². The van der Waals surface area contributed by atoms with E-state index in [2.05, 4.69) is 0 Å². The fourth-order valence-corrected chi connectivity index (χ4v) is 0.270. The summed E-state index contributed by atoms with van der Waals surface area (Å²) in [4.78, 5) is 9.72. The van der Waals surface area contributed by atoms with E-state index in [0.29, 0.717) is 0 Å². The van der Waals surface area contributed by atoms with Crippen LogP contribution < -0.4 is 5.32 Å². The summed E-state index contributed by atoms with van der Waals surface area (Å²) in [6, 6.07) is 0. The van der Waals surface area contributed by atoms with Gasteiger partial charge in [0.25, 0.3) is 0 Å². The van der Waals surface area contributed by atoms with E-state index in [-0.39, 0.29) is 6.54 Å². The Bertz CT molecular complexity index is 94.6. The third kappa shape index (κ3) is 5.05. The van der Waals surface area contributed by atoms with Gasteiger partial charge in [0.15, 0.2) is 0 Å². The van der Waals surface area contributed by atoms with Crippen LogP contribution in [0.25, 0.3) is 0 Å². The van der Waals surface area contributed by atoms with Gasteiger partial charge in [-0.1, -0.05) is 0 Å². The minimum Gasteiger partial charge on any atom is -0.465 e. The summed E-state index contributed by atoms with van der Waals surface area (Å²) in [6.45, 7) is -0.563. The Morgan fingerprint density at radius 3 is 2.56 bits per heavy atom. The van der Waals surface area contributed by atoms with Crippen LogP contribution in [0.2, 0.25) is 0 Å². The maximum absolute atomic E-state index is 9.72. The first-order valence-electron chi connectivity index (χ1n) is 2.42. The Labute approximate surface area is 51.9 Å². The maximum Gasteiger partial charge on any atom is 0.404 e. The zero-order chi connectivity index (χ0) is 7.28. The molecule has 0 aromatic rings. The van der Waals surface area contributed by atoms with Crippen LogP contribution in [0.4, 0.5) is 4.79 Å². The third-order valence-corrected chi connectivity index (χ3v) is 0.700. The number of carbonyl (C=O) groups is 1. The quantitative estimate of drug-likeness (QED) is 0.383. The SMILES string of the molecule is O=C(O)NCC(O)CO. The zero-order valence-corrected chi connectivity index (χ0v) is 4.74. The molecule has 9 heavy (non-hydrogen) atoms. The molecule has 0 radical (unpaired) electrons. The van der Waals surface area contributed by atoms with Gasteiger partial charge in [-0.3, -0.25) is 0 Å². The minimum absolute atomic E-state index is 0.133. The van der Waals surface area contributed by atoms with E-state index in [1.165, 1.54) is 0 Å². The van der Waals surface area contributed by atoms with Crippen molar-refractivity contribution in [1.29, 1.82) is 0 Å². The summed E-state index contributed by atoms with van der Waals surface area (Å²) in [6.07, 6.45) is -2.20. The standard InChI is InChI=1S/C4H9NO4/c6-2-3(7)1-5-4(8)9/h3,5-7H,1-2H2,(H,8,9). The van der Waals surface area contributed by atoms with Gasteiger partial charge in [0.05, 0.1) is 12.7 Å². The Balaban J connectivity index is 3.16. The fourth-order valence-electron chi connectivity index (χ4n) is 0.270. The Morgan fingerprint density at radius 1 is 1.67 bits per heavy atom. The van der Waals surface area contributed by atoms with Crippen LogP contribution in [0, 0.1) is 0 Å². The summed E-state index contributed by atoms with van der Waals surface area (Å²) in [5.74, 6) is 0. The number of carboxylic acid groups (broad SMARTS) is 1. The van der Waals surface area contributed by atoms with E-state index in [1.54, 1.807) is 0 Å². The summed E-state index contributed by atoms with van der Waals surface area (Å²) in [5, 5.41) is 26.6. The second-order valence-corrected chi connectivity index (χ2v) is 1.52. The highest BCUT2D eigenvalue weighted by atomic mass is 16.4. The van der Waals surface area contributed by atoms with E-state index in [0.717, 1.165) is 0 Å². The molecule has 0 fully saturated rings. The highest BCUT2D eigenvalue weighted by molar-refractivity contribution is 5.64. The molecule has 1 atom stereocenters. The first kappa shape index (κ1) is 8.19. The monoisotopic (exact) mass is 135 g/mol. The molecule has 0 saturated heterocycles. The molecule has 1 amide bonds. The summed E-state index contributed by atoms with van der Waals surface area (Å²) < 4.78 is 0. The summed E-state index contributed by atoms with van der Waals surface area (Å²) in [5.41, 5.74) is 0. The second-order valence-electron chi connectivity index (χ2n) is 1.52. The topological polar surface area (TPSA) is 89.8 Å². The molecule has 0 saturated carbocycles. The van der Waals surface area contributed by atoms with Gasteiger partial charge in [-0.25, -0.2) is 4.79 Å². The normalized spacial score (nSPS) is 12.7. The van der Waals surface area contributed by atoms with E-state index in [9.17, 15) is 4.79 Å². The number of aliphatic hydroxyl groups excluding tert-OH is 2. The first-order chi connectivity index (χ1) is 4.16. The molecule has 5 nitrogen and oxygen atoms in total. The molecule has 0 bridgehead atoms. The lowest BCUT2D eigenvalue weighted by Gasteiger charge is -2.04. The van der Waals surface area contributed by atoms with Crippen LogP contribution in [0.3, 0.4) is 0 Å². The average Bonchev–Trinajstić information content (AvgIpc) is 1.83. The van der Waals surface area contributed by atoms with Crippen molar-refractivity contribution < 1.29 is 20.1 Å². The molecule has 0 aliphatic rings. The molecule has 0 spiro atoms. The van der Waals surface area contributed by atoms with Gasteiger partial charge in [-0.2, -0.15) is 0 Å². The predicted molar refractivity (Wildman–Crippen MR) is 29.1 cm³/mol. The van der Waals surface area contributed by atoms with Crippen molar-refractivity contribution in [3.63, 3.8) is 0 Å². The van der Waals surface area contributed by atoms with Crippen molar-refractivity contribution in [2.24, 2.45) is 0 Å². The van der Waals surface area contributed by atoms with E-state index < -0.39 is 18.8 Å². The molecule has 0 heterocycles. The van der Waals surface area contributed by atoms with Crippen molar-refractivity contribution >= 4 is 6.09 Å². The van der Waals surface area contributed by atoms with Crippen LogP contribution in [0.5, 0.6) is 0 Å². The molecule has 4 N–H and O–H groups in total. The number of rotatable bonds is 3. The molecule has 1 unspecified atom stereocenters. The number of aliphatic hydroxyl groups is 2. The molecule has 0 aliphatic heterocycles. The Morgan fingerprint density at radius 2 is 2.22 bits per heavy atom. The van der Waals surface area contributed by atoms with Gasteiger partial charge in [0, 0.05) is 6.54 Å². The first-order valence-corrected chi connectivity index (χ1v) is 2.42. The molecule has 0 rings (SSSR count). The van der Waals surface area contributed by atoms with Crippen LogP contribution in [0.1, 0.15) is 0 Å². The van der Waals surface area contributed by atoms with Crippen LogP contribution in [-0.4, -0.2) is 40.7 Å². The van der Waals surface area contributed by atoms with E-state index in [1.807, 2.05) is 5.32 Å². The van der Waals surface area contributed by atoms with Gasteiger partial charge in [-0.05, 0) is 0 Å². The lowest BCUT2D eigenvalue weighted by atomic mass is 10.4. The van der Waals surface area contributed by atoms with Gasteiger partial charge < -0.3 is 20.6 Å². The molecular formula is C4H9NO4. The number of hydrogen-bond donors (Lipinski definition) is 4. The lowest BCUT2D eigenvalue weighted by molar-refractivity contribution is 0.0931. The third-order valence-electron chi connectivity index (χ3n) is 0.700. The van der Waals surface area contributed by atoms with Crippen LogP contribution >= 0.6 is 0 Å². The Hall–Kier alpha value is -0.810. The molecule has 0 aromatic carbocycles. The zero-order valence-electron chi connectivity index (χ0n) is 4.74. The smallest absolute Gasteiger partial charge is 0.404 e. The molecule has 5 heteroatoms. The van der Waals surface area contributed by atoms with E-state index in [4.69, 9.17) is 15.3 Å². The summed E-state index contributed by atoms with van der Waals surface area (Å²) in [7, 11) is 0. The largest absolute Gasteiger partial charge is 0.465 e. The highest BCUT2D eigenvalue weighted by Crippen LogP contribution is 1.75. The Kier molecular flexibility index (Phi) is 3.74. The van der Waals surface area contributed by atoms with Crippen LogP contribution in [0.15, 0.2) is 0 Å². The molecule has 0 aliphatic carbocycles. The van der Waals surface area contributed by atoms with Crippen LogP contribution in [-0.2, 0) is 0 Å². The fraction of sp³-hybridized carbons (Fsp3) is 0.750. The molecular weight excluding hydrogens is 126 g/mol. The molecule has 54 valence electrons. The second kappa shape index (κ2) is 4.11. The van der Waals surface area contributed by atoms with E-state index >= 15 is 0 Å². The molecule has 0 aromatic heterocycles. The predicted octanol–water partition coefficient (Wildman–Crippen LogP) is -1.39. The maximum atomic E-state index is 9.72. The van der Waals surface area contributed by atoms with Crippen molar-refractivity contribution in [2.45, 2.75) is 6.10 Å². The number of hydrogen-bond acceptors (Lipinski definition) is 3. The average molecular weight is 135 g/mol. The van der Waals surface area contributed by atoms with Gasteiger partial charge in [0.2, 0.25) is 0 Å². The van der Waals surface area contributed by atoms with Gasteiger partial charge >= 0.3 is 6.09 Å². The van der Waals surface area contributed by atoms with Crippen molar-refractivity contribution in [3.05, 3.63) is 0 Å². The van der Waals surface area contributed by atoms with Crippen molar-refractivity contribution in [1.82, 2.24) is 5.32 Å². The lowest BCUT2D eigenvalue weighted by Crippen LogP contribution is -2.32. The van der Waals surface area contributed by atoms with Crippen molar-refractivity contribution in [2.75, 3.05) is 13.2 Å². The van der Waals surface area contributed by atoms with Crippen molar-refractivity contribution in [3.8, 4) is 0 Å². The summed E-state index contributed by atoms with van der Waals surface area (Å²) >= 11 is 0. The number of nitrogens with one attached hydrogen (secondary N) is 1.